The summed E-state index contributed by atoms with van der Waals surface area (Å²) in [6.07, 6.45) is 8.30. The van der Waals surface area contributed by atoms with Gasteiger partial charge < -0.3 is 4.74 Å². The lowest BCUT2D eigenvalue weighted by atomic mass is 9.79. The Hall–Kier alpha value is -1.61. The number of esters is 1. The van der Waals surface area contributed by atoms with Gasteiger partial charge in [-0.3, -0.25) is 4.90 Å². The molecule has 3 nitrogen and oxygen atoms in total. The summed E-state index contributed by atoms with van der Waals surface area (Å²) in [7, 11) is 0. The van der Waals surface area contributed by atoms with Gasteiger partial charge in [-0.2, -0.15) is 0 Å². The SMILES string of the molecule is CCN1CCC(C2CCCCC2)=C(C(=O)OCCc2ccccc2)C1. The minimum atomic E-state index is -0.0744. The third-order valence-electron chi connectivity index (χ3n) is 5.73. The van der Waals surface area contributed by atoms with Crippen LogP contribution in [0.2, 0.25) is 0 Å². The van der Waals surface area contributed by atoms with Crippen LogP contribution in [0.25, 0.3) is 0 Å². The van der Waals surface area contributed by atoms with E-state index in [-0.39, 0.29) is 5.97 Å². The van der Waals surface area contributed by atoms with Crippen LogP contribution in [0.1, 0.15) is 51.0 Å². The average Bonchev–Trinajstić information content (AvgIpc) is 2.69. The topological polar surface area (TPSA) is 29.5 Å². The van der Waals surface area contributed by atoms with Gasteiger partial charge in [-0.15, -0.1) is 0 Å². The summed E-state index contributed by atoms with van der Waals surface area (Å²) < 4.78 is 5.68. The summed E-state index contributed by atoms with van der Waals surface area (Å²) in [5, 5.41) is 0. The van der Waals surface area contributed by atoms with Crippen LogP contribution in [-0.2, 0) is 16.0 Å². The molecule has 1 aromatic carbocycles. The van der Waals surface area contributed by atoms with Crippen molar-refractivity contribution in [2.45, 2.75) is 51.9 Å². The molecule has 0 unspecified atom stereocenters. The molecule has 0 amide bonds. The van der Waals surface area contributed by atoms with Gasteiger partial charge in [0.15, 0.2) is 0 Å². The Morgan fingerprint density at radius 1 is 1.16 bits per heavy atom. The van der Waals surface area contributed by atoms with Gasteiger partial charge in [0.05, 0.1) is 12.2 Å². The van der Waals surface area contributed by atoms with Crippen molar-refractivity contribution < 1.29 is 9.53 Å². The van der Waals surface area contributed by atoms with E-state index >= 15 is 0 Å². The van der Waals surface area contributed by atoms with Crippen LogP contribution in [0.5, 0.6) is 0 Å². The van der Waals surface area contributed by atoms with E-state index in [0.717, 1.165) is 38.0 Å². The largest absolute Gasteiger partial charge is 0.462 e. The van der Waals surface area contributed by atoms with E-state index in [1.807, 2.05) is 18.2 Å². The van der Waals surface area contributed by atoms with E-state index in [1.54, 1.807) is 0 Å². The van der Waals surface area contributed by atoms with Crippen molar-refractivity contribution in [1.82, 2.24) is 4.90 Å². The lowest BCUT2D eigenvalue weighted by Gasteiger charge is -2.34. The van der Waals surface area contributed by atoms with Crippen LogP contribution >= 0.6 is 0 Å². The fraction of sp³-hybridized carbons (Fsp3) is 0.591. The van der Waals surface area contributed by atoms with Crippen molar-refractivity contribution in [3.63, 3.8) is 0 Å². The number of hydrogen-bond acceptors (Lipinski definition) is 3. The van der Waals surface area contributed by atoms with Gasteiger partial charge >= 0.3 is 5.97 Å². The van der Waals surface area contributed by atoms with E-state index in [1.165, 1.54) is 43.2 Å². The molecule has 1 aromatic rings. The molecule has 1 saturated carbocycles. The van der Waals surface area contributed by atoms with E-state index in [2.05, 4.69) is 24.0 Å². The van der Waals surface area contributed by atoms with Crippen molar-refractivity contribution in [2.75, 3.05) is 26.2 Å². The third kappa shape index (κ3) is 4.94. The predicted molar refractivity (Wildman–Crippen MR) is 101 cm³/mol. The molecule has 1 aliphatic heterocycles. The average molecular weight is 341 g/mol. The molecule has 1 heterocycles. The second-order valence-corrected chi connectivity index (χ2v) is 7.33. The molecule has 3 rings (SSSR count). The predicted octanol–water partition coefficient (Wildman–Crippen LogP) is 4.37. The number of hydrogen-bond donors (Lipinski definition) is 0. The first-order valence-corrected chi connectivity index (χ1v) is 9.93. The quantitative estimate of drug-likeness (QED) is 0.719. The summed E-state index contributed by atoms with van der Waals surface area (Å²) in [5.41, 5.74) is 3.60. The minimum absolute atomic E-state index is 0.0744. The fourth-order valence-corrected chi connectivity index (χ4v) is 4.19. The molecule has 0 aromatic heterocycles. The number of carbonyl (C=O) groups is 1. The Morgan fingerprint density at radius 2 is 1.92 bits per heavy atom. The standard InChI is InChI=1S/C22H31NO2/c1-2-23-15-13-20(19-11-7-4-8-12-19)21(17-23)22(24)25-16-14-18-9-5-3-6-10-18/h3,5-6,9-10,19H,2,4,7-8,11-17H2,1H3. The van der Waals surface area contributed by atoms with Gasteiger partial charge in [0.2, 0.25) is 0 Å². The maximum Gasteiger partial charge on any atom is 0.335 e. The van der Waals surface area contributed by atoms with Crippen molar-refractivity contribution in [2.24, 2.45) is 5.92 Å². The van der Waals surface area contributed by atoms with Crippen LogP contribution < -0.4 is 0 Å². The van der Waals surface area contributed by atoms with Gasteiger partial charge in [-0.1, -0.05) is 62.1 Å². The highest BCUT2D eigenvalue weighted by molar-refractivity contribution is 5.90. The molecule has 1 fully saturated rings. The van der Waals surface area contributed by atoms with E-state index in [4.69, 9.17) is 4.74 Å². The zero-order chi connectivity index (χ0) is 17.5. The van der Waals surface area contributed by atoms with Gasteiger partial charge in [-0.05, 0) is 37.3 Å². The highest BCUT2D eigenvalue weighted by Crippen LogP contribution is 2.35. The molecule has 0 saturated heterocycles. The molecule has 136 valence electrons. The summed E-state index contributed by atoms with van der Waals surface area (Å²) in [4.78, 5) is 15.2. The van der Waals surface area contributed by atoms with Gasteiger partial charge in [0.1, 0.15) is 0 Å². The summed E-state index contributed by atoms with van der Waals surface area (Å²) >= 11 is 0. The van der Waals surface area contributed by atoms with Gasteiger partial charge in [0, 0.05) is 19.5 Å². The molecule has 0 bridgehead atoms. The molecule has 0 spiro atoms. The Balaban J connectivity index is 1.65. The highest BCUT2D eigenvalue weighted by atomic mass is 16.5. The Labute approximate surface area is 152 Å². The highest BCUT2D eigenvalue weighted by Gasteiger charge is 2.29. The van der Waals surface area contributed by atoms with Crippen molar-refractivity contribution >= 4 is 5.97 Å². The molecule has 0 radical (unpaired) electrons. The van der Waals surface area contributed by atoms with Gasteiger partial charge in [0.25, 0.3) is 0 Å². The van der Waals surface area contributed by atoms with Crippen molar-refractivity contribution in [3.05, 3.63) is 47.0 Å². The maximum atomic E-state index is 12.8. The fourth-order valence-electron chi connectivity index (χ4n) is 4.19. The van der Waals surface area contributed by atoms with Crippen molar-refractivity contribution in [3.8, 4) is 0 Å². The summed E-state index contributed by atoms with van der Waals surface area (Å²) in [6, 6.07) is 10.2. The molecule has 0 N–H and O–H groups in total. The number of nitrogens with zero attached hydrogens (tertiary/aromatic N) is 1. The Kier molecular flexibility index (Phi) is 6.69. The number of rotatable bonds is 6. The van der Waals surface area contributed by atoms with E-state index in [9.17, 15) is 4.79 Å². The zero-order valence-electron chi connectivity index (χ0n) is 15.5. The summed E-state index contributed by atoms with van der Waals surface area (Å²) in [5.74, 6) is 0.541. The van der Waals surface area contributed by atoms with Crippen LogP contribution in [0.4, 0.5) is 0 Å². The van der Waals surface area contributed by atoms with Gasteiger partial charge in [-0.25, -0.2) is 4.79 Å². The maximum absolute atomic E-state index is 12.8. The van der Waals surface area contributed by atoms with Crippen LogP contribution in [0.3, 0.4) is 0 Å². The first kappa shape index (κ1) is 18.2. The van der Waals surface area contributed by atoms with Crippen molar-refractivity contribution in [1.29, 1.82) is 0 Å². The second-order valence-electron chi connectivity index (χ2n) is 7.33. The van der Waals surface area contributed by atoms with E-state index in [0.29, 0.717) is 12.5 Å². The molecule has 2 aliphatic rings. The van der Waals surface area contributed by atoms with E-state index < -0.39 is 0 Å². The molecule has 0 atom stereocenters. The Bertz CT molecular complexity index is 587. The van der Waals surface area contributed by atoms with Crippen LogP contribution in [0, 0.1) is 5.92 Å². The normalized spacial score (nSPS) is 19.9. The minimum Gasteiger partial charge on any atom is -0.462 e. The first-order valence-electron chi connectivity index (χ1n) is 9.93. The first-order chi connectivity index (χ1) is 12.3. The smallest absolute Gasteiger partial charge is 0.335 e. The molecule has 1 aliphatic carbocycles. The Morgan fingerprint density at radius 3 is 2.64 bits per heavy atom. The number of ether oxygens (including phenoxy) is 1. The molecular weight excluding hydrogens is 310 g/mol. The molecule has 25 heavy (non-hydrogen) atoms. The zero-order valence-corrected chi connectivity index (χ0v) is 15.5. The number of carbonyl (C=O) groups excluding carboxylic acids is 1. The second kappa shape index (κ2) is 9.19. The number of likely N-dealkylation sites (N-methyl/N-ethyl adjacent to an activating group) is 1. The third-order valence-corrected chi connectivity index (χ3v) is 5.73. The monoisotopic (exact) mass is 341 g/mol. The van der Waals surface area contributed by atoms with Crippen LogP contribution in [0.15, 0.2) is 41.5 Å². The molecular formula is C22H31NO2. The lowest BCUT2D eigenvalue weighted by molar-refractivity contribution is -0.139. The van der Waals surface area contributed by atoms with Crippen LogP contribution in [-0.4, -0.2) is 37.1 Å². The number of benzene rings is 1. The lowest BCUT2D eigenvalue weighted by Crippen LogP contribution is -2.36. The molecule has 3 heteroatoms. The summed E-state index contributed by atoms with van der Waals surface area (Å²) in [6.45, 7) is 5.49.